The molecular formula is C32H42N2O7. The summed E-state index contributed by atoms with van der Waals surface area (Å²) in [5.74, 6) is 0.240. The third-order valence-corrected chi connectivity index (χ3v) is 7.69. The van der Waals surface area contributed by atoms with Gasteiger partial charge in [0, 0.05) is 31.7 Å². The van der Waals surface area contributed by atoms with Crippen LogP contribution in [-0.2, 0) is 14.3 Å². The van der Waals surface area contributed by atoms with Crippen LogP contribution in [0.1, 0.15) is 55.3 Å². The molecule has 2 saturated heterocycles. The number of aliphatic hydroxyl groups excluding tert-OH is 1. The lowest BCUT2D eigenvalue weighted by molar-refractivity contribution is -0.140. The summed E-state index contributed by atoms with van der Waals surface area (Å²) < 4.78 is 22.4. The average molecular weight is 567 g/mol. The van der Waals surface area contributed by atoms with Crippen LogP contribution in [0.15, 0.2) is 42.0 Å². The number of methoxy groups -OCH3 is 2. The Kier molecular flexibility index (Phi) is 10.7. The van der Waals surface area contributed by atoms with E-state index in [4.69, 9.17) is 18.9 Å². The summed E-state index contributed by atoms with van der Waals surface area (Å²) >= 11 is 0. The number of hydrogen-bond acceptors (Lipinski definition) is 8. The Labute approximate surface area is 242 Å². The summed E-state index contributed by atoms with van der Waals surface area (Å²) in [6.07, 6.45) is 3.79. The molecule has 9 heteroatoms. The molecule has 4 rings (SSSR count). The van der Waals surface area contributed by atoms with Crippen molar-refractivity contribution in [1.29, 1.82) is 0 Å². The molecule has 0 saturated carbocycles. The van der Waals surface area contributed by atoms with Gasteiger partial charge in [-0.15, -0.1) is 0 Å². The zero-order valence-electron chi connectivity index (χ0n) is 24.6. The molecule has 2 aromatic rings. The van der Waals surface area contributed by atoms with Gasteiger partial charge in [0.2, 0.25) is 0 Å². The van der Waals surface area contributed by atoms with E-state index < -0.39 is 17.7 Å². The number of carbonyl (C=O) groups excluding carboxylic acids is 2. The number of carbonyl (C=O) groups is 2. The predicted molar refractivity (Wildman–Crippen MR) is 157 cm³/mol. The van der Waals surface area contributed by atoms with Gasteiger partial charge in [-0.3, -0.25) is 14.5 Å². The number of nitrogens with zero attached hydrogens (tertiary/aromatic N) is 2. The fraction of sp³-hybridized carbons (Fsp3) is 0.500. The smallest absolute Gasteiger partial charge is 0.295 e. The summed E-state index contributed by atoms with van der Waals surface area (Å²) in [5, 5.41) is 11.5. The summed E-state index contributed by atoms with van der Waals surface area (Å²) in [7, 11) is 3.15. The quantitative estimate of drug-likeness (QED) is 0.161. The van der Waals surface area contributed by atoms with Gasteiger partial charge in [0.05, 0.1) is 45.7 Å². The Morgan fingerprint density at radius 2 is 1.68 bits per heavy atom. The molecule has 41 heavy (non-hydrogen) atoms. The van der Waals surface area contributed by atoms with E-state index in [1.165, 1.54) is 0 Å². The maximum atomic E-state index is 13.5. The third kappa shape index (κ3) is 7.02. The number of ether oxygens (including phenoxy) is 4. The van der Waals surface area contributed by atoms with Crippen LogP contribution in [0, 0.1) is 6.92 Å². The Hall–Kier alpha value is -3.56. The van der Waals surface area contributed by atoms with Gasteiger partial charge in [-0.25, -0.2) is 0 Å². The first kappa shape index (κ1) is 30.4. The molecule has 2 aliphatic rings. The van der Waals surface area contributed by atoms with E-state index in [1.807, 2.05) is 19.1 Å². The number of aliphatic hydroxyl groups is 1. The number of unbranched alkanes of at least 4 members (excludes halogenated alkanes) is 2. The molecule has 2 aliphatic heterocycles. The molecule has 2 heterocycles. The second kappa shape index (κ2) is 14.4. The molecule has 0 bridgehead atoms. The average Bonchev–Trinajstić information content (AvgIpc) is 3.24. The monoisotopic (exact) mass is 566 g/mol. The van der Waals surface area contributed by atoms with Crippen LogP contribution in [0.25, 0.3) is 5.76 Å². The topological polar surface area (TPSA) is 97.8 Å². The standard InChI is InChI=1S/C32H42N2O7/c1-5-6-7-17-41-26-12-9-23(21-27(26)39-4)29-28(30(35)24-10-11-25(38-3)22(2)20-24)31(36)32(37)34(29)14-8-13-33-15-18-40-19-16-33/h9-12,20-21,29,35H,5-8,13-19H2,1-4H3. The van der Waals surface area contributed by atoms with E-state index in [2.05, 4.69) is 11.8 Å². The molecule has 2 aromatic carbocycles. The van der Waals surface area contributed by atoms with Crippen LogP contribution in [0.5, 0.6) is 17.2 Å². The maximum absolute atomic E-state index is 13.5. The van der Waals surface area contributed by atoms with E-state index in [9.17, 15) is 14.7 Å². The van der Waals surface area contributed by atoms with Crippen molar-refractivity contribution in [2.24, 2.45) is 0 Å². The number of likely N-dealkylation sites (tertiary alicyclic amines) is 1. The molecular weight excluding hydrogens is 524 g/mol. The largest absolute Gasteiger partial charge is 0.507 e. The van der Waals surface area contributed by atoms with Crippen LogP contribution in [0.4, 0.5) is 0 Å². The lowest BCUT2D eigenvalue weighted by Gasteiger charge is -2.29. The summed E-state index contributed by atoms with van der Waals surface area (Å²) in [4.78, 5) is 30.8. The highest BCUT2D eigenvalue weighted by Crippen LogP contribution is 2.42. The minimum atomic E-state index is -0.773. The Morgan fingerprint density at radius 1 is 0.951 bits per heavy atom. The van der Waals surface area contributed by atoms with Gasteiger partial charge >= 0.3 is 0 Å². The second-order valence-corrected chi connectivity index (χ2v) is 10.5. The van der Waals surface area contributed by atoms with Crippen molar-refractivity contribution >= 4 is 17.4 Å². The predicted octanol–water partition coefficient (Wildman–Crippen LogP) is 4.73. The van der Waals surface area contributed by atoms with Gasteiger partial charge in [-0.2, -0.15) is 0 Å². The number of benzene rings is 2. The molecule has 1 unspecified atom stereocenters. The summed E-state index contributed by atoms with van der Waals surface area (Å²) in [6.45, 7) is 8.79. The van der Waals surface area contributed by atoms with Crippen molar-refractivity contribution in [3.63, 3.8) is 0 Å². The van der Waals surface area contributed by atoms with Gasteiger partial charge in [0.25, 0.3) is 11.7 Å². The first-order valence-electron chi connectivity index (χ1n) is 14.4. The molecule has 2 fully saturated rings. The fourth-order valence-electron chi connectivity index (χ4n) is 5.44. The minimum absolute atomic E-state index is 0.0598. The van der Waals surface area contributed by atoms with Gasteiger partial charge in [-0.1, -0.05) is 25.8 Å². The number of hydrogen-bond donors (Lipinski definition) is 1. The van der Waals surface area contributed by atoms with E-state index >= 15 is 0 Å². The van der Waals surface area contributed by atoms with Crippen molar-refractivity contribution in [3.05, 3.63) is 58.7 Å². The van der Waals surface area contributed by atoms with Crippen molar-refractivity contribution < 1.29 is 33.6 Å². The first-order chi connectivity index (χ1) is 19.9. The van der Waals surface area contributed by atoms with Crippen molar-refractivity contribution in [2.45, 2.75) is 45.6 Å². The highest BCUT2D eigenvalue weighted by molar-refractivity contribution is 6.46. The highest BCUT2D eigenvalue weighted by Gasteiger charge is 2.46. The number of ketones is 1. The fourth-order valence-corrected chi connectivity index (χ4v) is 5.44. The lowest BCUT2D eigenvalue weighted by Crippen LogP contribution is -2.39. The SMILES string of the molecule is CCCCCOc1ccc(C2C(=C(O)c3ccc(OC)c(C)c3)C(=O)C(=O)N2CCCN2CCOCC2)cc1OC. The Balaban J connectivity index is 1.70. The van der Waals surface area contributed by atoms with Gasteiger partial charge < -0.3 is 29.0 Å². The van der Waals surface area contributed by atoms with E-state index in [-0.39, 0.29) is 11.3 Å². The third-order valence-electron chi connectivity index (χ3n) is 7.69. The summed E-state index contributed by atoms with van der Waals surface area (Å²) in [5.41, 5.74) is 1.98. The molecule has 0 radical (unpaired) electrons. The number of rotatable bonds is 13. The van der Waals surface area contributed by atoms with Crippen molar-refractivity contribution in [3.8, 4) is 17.2 Å². The number of Topliss-reactive ketones (excluding diaryl/α,β-unsaturated/α-hetero) is 1. The second-order valence-electron chi connectivity index (χ2n) is 10.5. The Morgan fingerprint density at radius 3 is 2.37 bits per heavy atom. The van der Waals surface area contributed by atoms with Gasteiger partial charge in [-0.05, 0) is 61.2 Å². The highest BCUT2D eigenvalue weighted by atomic mass is 16.5. The van der Waals surface area contributed by atoms with E-state index in [0.717, 1.165) is 44.5 Å². The number of morpholine rings is 1. The van der Waals surface area contributed by atoms with Crippen LogP contribution >= 0.6 is 0 Å². The zero-order chi connectivity index (χ0) is 29.4. The molecule has 222 valence electrons. The van der Waals surface area contributed by atoms with Crippen LogP contribution in [-0.4, -0.2) is 86.8 Å². The molecule has 9 nitrogen and oxygen atoms in total. The normalized spacial score (nSPS) is 19.0. The minimum Gasteiger partial charge on any atom is -0.507 e. The first-order valence-corrected chi connectivity index (χ1v) is 14.4. The zero-order valence-corrected chi connectivity index (χ0v) is 24.6. The molecule has 0 aromatic heterocycles. The van der Waals surface area contributed by atoms with Gasteiger partial charge in [0.15, 0.2) is 11.5 Å². The van der Waals surface area contributed by atoms with Crippen LogP contribution in [0.3, 0.4) is 0 Å². The molecule has 0 aliphatic carbocycles. The maximum Gasteiger partial charge on any atom is 0.295 e. The van der Waals surface area contributed by atoms with Crippen LogP contribution < -0.4 is 14.2 Å². The van der Waals surface area contributed by atoms with Gasteiger partial charge in [0.1, 0.15) is 11.5 Å². The molecule has 1 atom stereocenters. The van der Waals surface area contributed by atoms with Crippen molar-refractivity contribution in [1.82, 2.24) is 9.80 Å². The van der Waals surface area contributed by atoms with E-state index in [1.54, 1.807) is 43.4 Å². The summed E-state index contributed by atoms with van der Waals surface area (Å²) in [6, 6.07) is 9.87. The lowest BCUT2D eigenvalue weighted by atomic mass is 9.94. The molecule has 0 spiro atoms. The molecule has 1 amide bonds. The number of amides is 1. The van der Waals surface area contributed by atoms with E-state index in [0.29, 0.717) is 61.2 Å². The van der Waals surface area contributed by atoms with Crippen LogP contribution in [0.2, 0.25) is 0 Å². The van der Waals surface area contributed by atoms with Crippen molar-refractivity contribution in [2.75, 3.05) is 60.2 Å². The number of aryl methyl sites for hydroxylation is 1. The Bertz CT molecular complexity index is 1250. The molecule has 1 N–H and O–H groups in total.